The van der Waals surface area contributed by atoms with E-state index in [0.717, 1.165) is 6.07 Å². The number of hydrogen-bond acceptors (Lipinski definition) is 3. The van der Waals surface area contributed by atoms with Crippen LogP contribution in [0.15, 0.2) is 18.2 Å². The van der Waals surface area contributed by atoms with Gasteiger partial charge < -0.3 is 15.8 Å². The van der Waals surface area contributed by atoms with Gasteiger partial charge in [-0.2, -0.15) is 0 Å². The van der Waals surface area contributed by atoms with Gasteiger partial charge in [0, 0.05) is 19.2 Å². The van der Waals surface area contributed by atoms with E-state index in [0.29, 0.717) is 25.0 Å². The molecule has 0 spiro atoms. The molecule has 1 fully saturated rings. The number of nitrogens with one attached hydrogen (secondary N) is 1. The van der Waals surface area contributed by atoms with Gasteiger partial charge in [0.2, 0.25) is 5.91 Å². The Balaban J connectivity index is 1.84. The Morgan fingerprint density at radius 1 is 1.37 bits per heavy atom. The summed E-state index contributed by atoms with van der Waals surface area (Å²) in [6.07, 6.45) is 0.824. The Labute approximate surface area is 109 Å². The highest BCUT2D eigenvalue weighted by Gasteiger charge is 2.37. The number of hydrogen-bond donors (Lipinski definition) is 2. The zero-order chi connectivity index (χ0) is 13.9. The van der Waals surface area contributed by atoms with Gasteiger partial charge in [-0.25, -0.2) is 8.78 Å². The summed E-state index contributed by atoms with van der Waals surface area (Å²) in [5, 5.41) is 2.66. The van der Waals surface area contributed by atoms with Crippen molar-refractivity contribution in [2.45, 2.75) is 18.4 Å². The number of carbonyl (C=O) groups excluding carboxylic acids is 1. The second kappa shape index (κ2) is 5.63. The summed E-state index contributed by atoms with van der Waals surface area (Å²) in [6, 6.07) is 3.30. The first-order valence-electron chi connectivity index (χ1n) is 6.09. The zero-order valence-electron chi connectivity index (χ0n) is 10.4. The van der Waals surface area contributed by atoms with Gasteiger partial charge in [0.1, 0.15) is 17.2 Å². The van der Waals surface area contributed by atoms with E-state index in [1.165, 1.54) is 12.1 Å². The van der Waals surface area contributed by atoms with Crippen molar-refractivity contribution in [2.75, 3.05) is 19.8 Å². The number of rotatable bonds is 4. The predicted octanol–water partition coefficient (Wildman–Crippen LogP) is 0.741. The van der Waals surface area contributed by atoms with Crippen molar-refractivity contribution < 1.29 is 18.3 Å². The Bertz CT molecular complexity index is 453. The van der Waals surface area contributed by atoms with Gasteiger partial charge in [-0.15, -0.1) is 0 Å². The average Bonchev–Trinajstić information content (AvgIpc) is 2.76. The van der Waals surface area contributed by atoms with E-state index in [1.807, 2.05) is 0 Å². The second-order valence-corrected chi connectivity index (χ2v) is 4.74. The lowest BCUT2D eigenvalue weighted by atomic mass is 9.99. The number of benzene rings is 1. The largest absolute Gasteiger partial charge is 0.379 e. The molecule has 1 saturated heterocycles. The van der Waals surface area contributed by atoms with Crippen molar-refractivity contribution in [2.24, 2.45) is 5.73 Å². The lowest BCUT2D eigenvalue weighted by Crippen LogP contribution is -2.54. The molecule has 1 amide bonds. The molecule has 1 unspecified atom stereocenters. The first-order chi connectivity index (χ1) is 8.99. The van der Waals surface area contributed by atoms with Crippen molar-refractivity contribution in [1.82, 2.24) is 5.32 Å². The minimum Gasteiger partial charge on any atom is -0.379 e. The number of halogens is 2. The van der Waals surface area contributed by atoms with Crippen LogP contribution in [-0.4, -0.2) is 31.2 Å². The van der Waals surface area contributed by atoms with Crippen LogP contribution in [0.3, 0.4) is 0 Å². The van der Waals surface area contributed by atoms with Crippen molar-refractivity contribution in [3.8, 4) is 0 Å². The van der Waals surface area contributed by atoms with Crippen molar-refractivity contribution in [1.29, 1.82) is 0 Å². The second-order valence-electron chi connectivity index (χ2n) is 4.74. The zero-order valence-corrected chi connectivity index (χ0v) is 10.4. The van der Waals surface area contributed by atoms with Crippen molar-refractivity contribution in [3.05, 3.63) is 35.4 Å². The van der Waals surface area contributed by atoms with Crippen LogP contribution in [0.4, 0.5) is 8.78 Å². The summed E-state index contributed by atoms with van der Waals surface area (Å²) in [5.74, 6) is -1.54. The molecule has 4 nitrogen and oxygen atoms in total. The standard InChI is InChI=1S/C13H16F2N2O2/c14-10-5-9(6-11(15)7-10)1-3-17-12(18)13(16)2-4-19-8-13/h5-7H,1-4,8,16H2,(H,17,18). The van der Waals surface area contributed by atoms with Crippen LogP contribution in [0, 0.1) is 11.6 Å². The fourth-order valence-electron chi connectivity index (χ4n) is 2.01. The number of nitrogens with two attached hydrogens (primary N) is 1. The van der Waals surface area contributed by atoms with E-state index in [-0.39, 0.29) is 19.1 Å². The SMILES string of the molecule is NC1(C(=O)NCCc2cc(F)cc(F)c2)CCOC1. The monoisotopic (exact) mass is 270 g/mol. The summed E-state index contributed by atoms with van der Waals surface area (Å²) in [4.78, 5) is 11.8. The molecule has 19 heavy (non-hydrogen) atoms. The first kappa shape index (κ1) is 13.9. The highest BCUT2D eigenvalue weighted by Crippen LogP contribution is 2.15. The summed E-state index contributed by atoms with van der Waals surface area (Å²) < 4.78 is 31.0. The van der Waals surface area contributed by atoms with E-state index in [9.17, 15) is 13.6 Å². The lowest BCUT2D eigenvalue weighted by molar-refractivity contribution is -0.126. The third-order valence-corrected chi connectivity index (χ3v) is 3.13. The molecule has 1 aliphatic rings. The van der Waals surface area contributed by atoms with Crippen molar-refractivity contribution >= 4 is 5.91 Å². The number of carbonyl (C=O) groups is 1. The van der Waals surface area contributed by atoms with E-state index < -0.39 is 17.2 Å². The number of ether oxygens (including phenoxy) is 1. The molecule has 1 aromatic carbocycles. The molecule has 1 aliphatic heterocycles. The number of amides is 1. The summed E-state index contributed by atoms with van der Waals surface area (Å²) in [7, 11) is 0. The predicted molar refractivity (Wildman–Crippen MR) is 65.4 cm³/mol. The van der Waals surface area contributed by atoms with Crippen LogP contribution in [0.1, 0.15) is 12.0 Å². The molecule has 3 N–H and O–H groups in total. The van der Waals surface area contributed by atoms with Crippen LogP contribution in [-0.2, 0) is 16.0 Å². The third-order valence-electron chi connectivity index (χ3n) is 3.13. The van der Waals surface area contributed by atoms with Gasteiger partial charge in [-0.3, -0.25) is 4.79 Å². The highest BCUT2D eigenvalue weighted by atomic mass is 19.1. The topological polar surface area (TPSA) is 64.4 Å². The smallest absolute Gasteiger partial charge is 0.242 e. The normalized spacial score (nSPS) is 22.5. The third kappa shape index (κ3) is 3.48. The van der Waals surface area contributed by atoms with E-state index in [4.69, 9.17) is 10.5 Å². The van der Waals surface area contributed by atoms with Crippen LogP contribution in [0.25, 0.3) is 0 Å². The molecule has 1 heterocycles. The molecule has 0 saturated carbocycles. The molecule has 104 valence electrons. The molecular formula is C13H16F2N2O2. The van der Waals surface area contributed by atoms with E-state index in [1.54, 1.807) is 0 Å². The fraction of sp³-hybridized carbons (Fsp3) is 0.462. The lowest BCUT2D eigenvalue weighted by Gasteiger charge is -2.20. The summed E-state index contributed by atoms with van der Waals surface area (Å²) in [5.41, 5.74) is 5.39. The van der Waals surface area contributed by atoms with Gasteiger partial charge in [0.05, 0.1) is 6.61 Å². The Morgan fingerprint density at radius 3 is 2.63 bits per heavy atom. The van der Waals surface area contributed by atoms with Gasteiger partial charge in [-0.1, -0.05) is 0 Å². The van der Waals surface area contributed by atoms with Crippen molar-refractivity contribution in [3.63, 3.8) is 0 Å². The molecule has 0 bridgehead atoms. The average molecular weight is 270 g/mol. The van der Waals surface area contributed by atoms with Gasteiger partial charge in [-0.05, 0) is 30.5 Å². The fourth-order valence-corrected chi connectivity index (χ4v) is 2.01. The minimum absolute atomic E-state index is 0.202. The Hall–Kier alpha value is -1.53. The van der Waals surface area contributed by atoms with E-state index in [2.05, 4.69) is 5.32 Å². The quantitative estimate of drug-likeness (QED) is 0.848. The molecule has 2 rings (SSSR count). The summed E-state index contributed by atoms with van der Waals surface area (Å²) >= 11 is 0. The van der Waals surface area contributed by atoms with Gasteiger partial charge in [0.25, 0.3) is 0 Å². The van der Waals surface area contributed by atoms with Crippen LogP contribution < -0.4 is 11.1 Å². The maximum atomic E-state index is 13.0. The molecule has 1 atom stereocenters. The highest BCUT2D eigenvalue weighted by molar-refractivity contribution is 5.86. The molecular weight excluding hydrogens is 254 g/mol. The minimum atomic E-state index is -0.979. The Morgan fingerprint density at radius 2 is 2.05 bits per heavy atom. The van der Waals surface area contributed by atoms with E-state index >= 15 is 0 Å². The van der Waals surface area contributed by atoms with Crippen LogP contribution >= 0.6 is 0 Å². The molecule has 0 radical (unpaired) electrons. The Kier molecular flexibility index (Phi) is 4.11. The summed E-state index contributed by atoms with van der Waals surface area (Å²) in [6.45, 7) is 0.952. The molecule has 0 aromatic heterocycles. The molecule has 0 aliphatic carbocycles. The van der Waals surface area contributed by atoms with Gasteiger partial charge in [0.15, 0.2) is 0 Å². The van der Waals surface area contributed by atoms with Gasteiger partial charge >= 0.3 is 0 Å². The van der Waals surface area contributed by atoms with Crippen LogP contribution in [0.2, 0.25) is 0 Å². The molecule has 6 heteroatoms. The van der Waals surface area contributed by atoms with Crippen LogP contribution in [0.5, 0.6) is 0 Å². The molecule has 1 aromatic rings. The maximum absolute atomic E-state index is 13.0. The first-order valence-corrected chi connectivity index (χ1v) is 6.09. The maximum Gasteiger partial charge on any atom is 0.242 e.